The van der Waals surface area contributed by atoms with Gasteiger partial charge in [0.1, 0.15) is 10.8 Å². The Balaban J connectivity index is 2.35. The minimum Gasteiger partial charge on any atom is -0.389 e. The van der Waals surface area contributed by atoms with E-state index in [0.29, 0.717) is 10.9 Å². The summed E-state index contributed by atoms with van der Waals surface area (Å²) >= 11 is 4.98. The summed E-state index contributed by atoms with van der Waals surface area (Å²) in [7, 11) is 0. The standard InChI is InChI=1S/C14H23N3OS/c1-10(2)9-18-6-4-5-16-13-8-12(14(15)19)7-11(3)17-13/h7-8,10H,4-6,9H2,1-3H3,(H2,15,19)(H,16,17). The van der Waals surface area contributed by atoms with Crippen LogP contribution in [0.3, 0.4) is 0 Å². The molecule has 1 aromatic rings. The highest BCUT2D eigenvalue weighted by Gasteiger charge is 2.02. The fourth-order valence-corrected chi connectivity index (χ4v) is 1.73. The highest BCUT2D eigenvalue weighted by atomic mass is 32.1. The zero-order valence-corrected chi connectivity index (χ0v) is 12.7. The van der Waals surface area contributed by atoms with Crippen molar-refractivity contribution in [2.75, 3.05) is 25.1 Å². The molecule has 0 atom stereocenters. The number of rotatable bonds is 8. The molecule has 0 unspecified atom stereocenters. The normalized spacial score (nSPS) is 10.7. The van der Waals surface area contributed by atoms with Gasteiger partial charge in [-0.2, -0.15) is 0 Å². The summed E-state index contributed by atoms with van der Waals surface area (Å²) in [5.41, 5.74) is 7.38. The number of nitrogens with two attached hydrogens (primary N) is 1. The van der Waals surface area contributed by atoms with Crippen LogP contribution in [0.1, 0.15) is 31.5 Å². The molecule has 0 amide bonds. The Morgan fingerprint density at radius 2 is 2.21 bits per heavy atom. The lowest BCUT2D eigenvalue weighted by Gasteiger charge is -2.09. The summed E-state index contributed by atoms with van der Waals surface area (Å²) < 4.78 is 5.52. The Bertz CT molecular complexity index is 421. The Labute approximate surface area is 120 Å². The first-order chi connectivity index (χ1) is 8.99. The Hall–Kier alpha value is -1.20. The minimum atomic E-state index is 0.397. The Kier molecular flexibility index (Phi) is 6.73. The van der Waals surface area contributed by atoms with Crippen molar-refractivity contribution in [1.29, 1.82) is 0 Å². The van der Waals surface area contributed by atoms with Crippen molar-refractivity contribution < 1.29 is 4.74 Å². The maximum atomic E-state index is 5.63. The second kappa shape index (κ2) is 8.07. The summed E-state index contributed by atoms with van der Waals surface area (Å²) in [6, 6.07) is 3.77. The van der Waals surface area contributed by atoms with Gasteiger partial charge in [0.05, 0.1) is 0 Å². The van der Waals surface area contributed by atoms with Crippen LogP contribution in [0.2, 0.25) is 0 Å². The van der Waals surface area contributed by atoms with Crippen molar-refractivity contribution in [2.45, 2.75) is 27.2 Å². The number of ether oxygens (including phenoxy) is 1. The van der Waals surface area contributed by atoms with Crippen LogP contribution in [0.15, 0.2) is 12.1 Å². The number of nitrogens with one attached hydrogen (secondary N) is 1. The lowest BCUT2D eigenvalue weighted by atomic mass is 10.2. The van der Waals surface area contributed by atoms with Crippen LogP contribution in [-0.4, -0.2) is 29.7 Å². The van der Waals surface area contributed by atoms with Gasteiger partial charge in [0.25, 0.3) is 0 Å². The minimum absolute atomic E-state index is 0.397. The molecule has 0 saturated carbocycles. The van der Waals surface area contributed by atoms with E-state index in [1.165, 1.54) is 0 Å². The first-order valence-electron chi connectivity index (χ1n) is 6.59. The van der Waals surface area contributed by atoms with Gasteiger partial charge >= 0.3 is 0 Å². The fourth-order valence-electron chi connectivity index (χ4n) is 1.61. The number of aromatic nitrogens is 1. The Morgan fingerprint density at radius 3 is 2.84 bits per heavy atom. The predicted molar refractivity (Wildman–Crippen MR) is 83.6 cm³/mol. The zero-order valence-electron chi connectivity index (χ0n) is 11.9. The highest BCUT2D eigenvalue weighted by Crippen LogP contribution is 2.10. The van der Waals surface area contributed by atoms with Crippen molar-refractivity contribution >= 4 is 23.0 Å². The van der Waals surface area contributed by atoms with Gasteiger partial charge in [0.15, 0.2) is 0 Å². The molecule has 1 rings (SSSR count). The van der Waals surface area contributed by atoms with Crippen molar-refractivity contribution in [3.05, 3.63) is 23.4 Å². The average Bonchev–Trinajstić information content (AvgIpc) is 2.32. The second-order valence-corrected chi connectivity index (χ2v) is 5.44. The molecule has 0 spiro atoms. The van der Waals surface area contributed by atoms with Crippen LogP contribution in [0, 0.1) is 12.8 Å². The van der Waals surface area contributed by atoms with Gasteiger partial charge in [-0.05, 0) is 31.4 Å². The summed E-state index contributed by atoms with van der Waals surface area (Å²) in [5, 5.41) is 3.26. The molecule has 0 aliphatic rings. The molecular weight excluding hydrogens is 258 g/mol. The van der Waals surface area contributed by atoms with Gasteiger partial charge in [-0.3, -0.25) is 0 Å². The lowest BCUT2D eigenvalue weighted by Crippen LogP contribution is -2.13. The molecule has 0 fully saturated rings. The molecule has 1 aromatic heterocycles. The number of aryl methyl sites for hydroxylation is 1. The first-order valence-corrected chi connectivity index (χ1v) is 7.00. The van der Waals surface area contributed by atoms with Crippen molar-refractivity contribution in [1.82, 2.24) is 4.98 Å². The van der Waals surface area contributed by atoms with E-state index in [0.717, 1.165) is 43.3 Å². The quantitative estimate of drug-likeness (QED) is 0.566. The number of hydrogen-bond donors (Lipinski definition) is 2. The molecule has 0 aromatic carbocycles. The van der Waals surface area contributed by atoms with E-state index in [-0.39, 0.29) is 0 Å². The van der Waals surface area contributed by atoms with Gasteiger partial charge in [-0.25, -0.2) is 4.98 Å². The van der Waals surface area contributed by atoms with Crippen LogP contribution < -0.4 is 11.1 Å². The molecule has 5 heteroatoms. The average molecular weight is 281 g/mol. The molecule has 4 nitrogen and oxygen atoms in total. The van der Waals surface area contributed by atoms with Gasteiger partial charge in [-0.15, -0.1) is 0 Å². The maximum Gasteiger partial charge on any atom is 0.126 e. The van der Waals surface area contributed by atoms with Gasteiger partial charge in [0, 0.05) is 31.0 Å². The van der Waals surface area contributed by atoms with Gasteiger partial charge in [-0.1, -0.05) is 26.1 Å². The van der Waals surface area contributed by atoms with Gasteiger partial charge < -0.3 is 15.8 Å². The highest BCUT2D eigenvalue weighted by molar-refractivity contribution is 7.80. The smallest absolute Gasteiger partial charge is 0.126 e. The Morgan fingerprint density at radius 1 is 1.47 bits per heavy atom. The number of anilines is 1. The molecule has 106 valence electrons. The third-order valence-electron chi connectivity index (χ3n) is 2.46. The third kappa shape index (κ3) is 6.50. The van der Waals surface area contributed by atoms with Gasteiger partial charge in [0.2, 0.25) is 0 Å². The van der Waals surface area contributed by atoms with Crippen molar-refractivity contribution in [3.8, 4) is 0 Å². The maximum absolute atomic E-state index is 5.63. The first kappa shape index (κ1) is 15.9. The van der Waals surface area contributed by atoms with Crippen molar-refractivity contribution in [3.63, 3.8) is 0 Å². The van der Waals surface area contributed by atoms with E-state index in [4.69, 9.17) is 22.7 Å². The summed E-state index contributed by atoms with van der Waals surface area (Å²) in [4.78, 5) is 4.79. The molecular formula is C14H23N3OS. The van der Waals surface area contributed by atoms with E-state index in [1.807, 2.05) is 19.1 Å². The molecule has 0 radical (unpaired) electrons. The van der Waals surface area contributed by atoms with E-state index in [9.17, 15) is 0 Å². The van der Waals surface area contributed by atoms with Crippen LogP contribution >= 0.6 is 12.2 Å². The second-order valence-electron chi connectivity index (χ2n) is 5.00. The largest absolute Gasteiger partial charge is 0.389 e. The number of nitrogens with zero attached hydrogens (tertiary/aromatic N) is 1. The monoisotopic (exact) mass is 281 g/mol. The molecule has 1 heterocycles. The topological polar surface area (TPSA) is 60.2 Å². The van der Waals surface area contributed by atoms with E-state index < -0.39 is 0 Å². The van der Waals surface area contributed by atoms with Crippen LogP contribution in [0.25, 0.3) is 0 Å². The molecule has 0 aliphatic heterocycles. The summed E-state index contributed by atoms with van der Waals surface area (Å²) in [5.74, 6) is 1.39. The van der Waals surface area contributed by atoms with Crippen LogP contribution in [-0.2, 0) is 4.74 Å². The number of pyridine rings is 1. The SMILES string of the molecule is Cc1cc(C(N)=S)cc(NCCCOCC(C)C)n1. The molecule has 19 heavy (non-hydrogen) atoms. The molecule has 0 saturated heterocycles. The van der Waals surface area contributed by atoms with Crippen LogP contribution in [0.4, 0.5) is 5.82 Å². The van der Waals surface area contributed by atoms with E-state index in [1.54, 1.807) is 0 Å². The zero-order chi connectivity index (χ0) is 14.3. The fraction of sp³-hybridized carbons (Fsp3) is 0.571. The summed E-state index contributed by atoms with van der Waals surface area (Å²) in [6.45, 7) is 8.62. The van der Waals surface area contributed by atoms with E-state index >= 15 is 0 Å². The third-order valence-corrected chi connectivity index (χ3v) is 2.70. The molecule has 0 bridgehead atoms. The molecule has 0 aliphatic carbocycles. The predicted octanol–water partition coefficient (Wildman–Crippen LogP) is 2.50. The van der Waals surface area contributed by atoms with E-state index in [2.05, 4.69) is 24.1 Å². The summed E-state index contributed by atoms with van der Waals surface area (Å²) in [6.07, 6.45) is 0.949. The van der Waals surface area contributed by atoms with Crippen LogP contribution in [0.5, 0.6) is 0 Å². The lowest BCUT2D eigenvalue weighted by molar-refractivity contribution is 0.110. The van der Waals surface area contributed by atoms with Crippen molar-refractivity contribution in [2.24, 2.45) is 11.7 Å². The number of thiocarbonyl (C=S) groups is 1. The molecule has 3 N–H and O–H groups in total. The number of hydrogen-bond acceptors (Lipinski definition) is 4.